The van der Waals surface area contributed by atoms with Crippen molar-refractivity contribution in [2.75, 3.05) is 13.1 Å². The van der Waals surface area contributed by atoms with Crippen LogP contribution in [0.5, 0.6) is 0 Å². The molecule has 0 aromatic carbocycles. The first-order valence-corrected chi connectivity index (χ1v) is 10.6. The van der Waals surface area contributed by atoms with Crippen LogP contribution in [0, 0.1) is 34.5 Å². The molecule has 138 valence electrons. The van der Waals surface area contributed by atoms with Crippen molar-refractivity contribution >= 4 is 0 Å². The van der Waals surface area contributed by atoms with Gasteiger partial charge in [0.25, 0.3) is 0 Å². The van der Waals surface area contributed by atoms with E-state index in [4.69, 9.17) is 5.73 Å². The van der Waals surface area contributed by atoms with E-state index >= 15 is 0 Å². The summed E-state index contributed by atoms with van der Waals surface area (Å²) in [4.78, 5) is 0. The molecule has 3 heteroatoms. The lowest BCUT2D eigenvalue weighted by atomic mass is 9.45. The van der Waals surface area contributed by atoms with Crippen LogP contribution in [0.2, 0.25) is 0 Å². The van der Waals surface area contributed by atoms with Crippen molar-refractivity contribution in [3.05, 3.63) is 0 Å². The highest BCUT2D eigenvalue weighted by Gasteiger charge is 2.59. The molecule has 0 saturated heterocycles. The first-order valence-electron chi connectivity index (χ1n) is 10.6. The van der Waals surface area contributed by atoms with Gasteiger partial charge < -0.3 is 16.2 Å². The SMILES string of the molecule is C[C@]12CC[C@H](O)C[C@@H]1CC[C@@H]1[C@H]3CC[C@H](NCCN)[C@@]3(C)CC[C@@H]12. The highest BCUT2D eigenvalue weighted by molar-refractivity contribution is 5.10. The van der Waals surface area contributed by atoms with E-state index in [1.807, 2.05) is 0 Å². The van der Waals surface area contributed by atoms with Crippen LogP contribution < -0.4 is 11.1 Å². The number of hydrogen-bond donors (Lipinski definition) is 3. The quantitative estimate of drug-likeness (QED) is 0.742. The topological polar surface area (TPSA) is 58.3 Å². The van der Waals surface area contributed by atoms with Crippen LogP contribution >= 0.6 is 0 Å². The van der Waals surface area contributed by atoms with E-state index < -0.39 is 0 Å². The fourth-order valence-electron chi connectivity index (χ4n) is 7.83. The van der Waals surface area contributed by atoms with E-state index in [0.717, 1.165) is 49.6 Å². The van der Waals surface area contributed by atoms with Gasteiger partial charge in [-0.1, -0.05) is 13.8 Å². The smallest absolute Gasteiger partial charge is 0.0543 e. The lowest BCUT2D eigenvalue weighted by Gasteiger charge is -2.61. The molecule has 24 heavy (non-hydrogen) atoms. The Bertz CT molecular complexity index is 469. The molecule has 0 spiro atoms. The molecule has 0 heterocycles. The van der Waals surface area contributed by atoms with Gasteiger partial charge in [-0.05, 0) is 92.3 Å². The summed E-state index contributed by atoms with van der Waals surface area (Å²) >= 11 is 0. The van der Waals surface area contributed by atoms with Gasteiger partial charge in [-0.3, -0.25) is 0 Å². The van der Waals surface area contributed by atoms with E-state index in [1.165, 1.54) is 44.9 Å². The van der Waals surface area contributed by atoms with Crippen molar-refractivity contribution in [2.24, 2.45) is 40.2 Å². The van der Waals surface area contributed by atoms with Gasteiger partial charge in [0.2, 0.25) is 0 Å². The first-order chi connectivity index (χ1) is 11.5. The largest absolute Gasteiger partial charge is 0.393 e. The van der Waals surface area contributed by atoms with E-state index in [0.29, 0.717) is 16.9 Å². The minimum Gasteiger partial charge on any atom is -0.393 e. The maximum atomic E-state index is 10.1. The van der Waals surface area contributed by atoms with Crippen molar-refractivity contribution in [3.8, 4) is 0 Å². The van der Waals surface area contributed by atoms with Gasteiger partial charge in [0, 0.05) is 19.1 Å². The lowest BCUT2D eigenvalue weighted by molar-refractivity contribution is -0.123. The first kappa shape index (κ1) is 17.3. The van der Waals surface area contributed by atoms with Gasteiger partial charge in [-0.15, -0.1) is 0 Å². The van der Waals surface area contributed by atoms with Crippen LogP contribution in [0.15, 0.2) is 0 Å². The van der Waals surface area contributed by atoms with Crippen LogP contribution in [0.3, 0.4) is 0 Å². The summed E-state index contributed by atoms with van der Waals surface area (Å²) in [6, 6.07) is 0.686. The molecule has 3 nitrogen and oxygen atoms in total. The van der Waals surface area contributed by atoms with Crippen molar-refractivity contribution in [1.29, 1.82) is 0 Å². The van der Waals surface area contributed by atoms with E-state index in [9.17, 15) is 5.11 Å². The normalized spacial score (nSPS) is 54.0. The predicted octanol–water partition coefficient (Wildman–Crippen LogP) is 3.31. The van der Waals surface area contributed by atoms with Crippen LogP contribution in [-0.4, -0.2) is 30.3 Å². The Kier molecular flexibility index (Phi) is 4.50. The lowest BCUT2D eigenvalue weighted by Crippen LogP contribution is -2.56. The summed E-state index contributed by atoms with van der Waals surface area (Å²) in [5, 5.41) is 13.9. The number of aliphatic hydroxyl groups is 1. The number of aliphatic hydroxyl groups excluding tert-OH is 1. The maximum Gasteiger partial charge on any atom is 0.0543 e. The minimum absolute atomic E-state index is 0.0233. The van der Waals surface area contributed by atoms with Gasteiger partial charge in [-0.25, -0.2) is 0 Å². The Balaban J connectivity index is 1.54. The average Bonchev–Trinajstić information content (AvgIpc) is 2.90. The third-order valence-electron chi connectivity index (χ3n) is 9.17. The summed E-state index contributed by atoms with van der Waals surface area (Å²) in [5.74, 6) is 3.54. The predicted molar refractivity (Wildman–Crippen MR) is 98.6 cm³/mol. The number of nitrogens with one attached hydrogen (secondary N) is 1. The zero-order valence-electron chi connectivity index (χ0n) is 15.8. The number of fused-ring (bicyclic) bond motifs is 5. The average molecular weight is 335 g/mol. The molecule has 4 N–H and O–H groups in total. The highest BCUT2D eigenvalue weighted by Crippen LogP contribution is 2.66. The molecule has 0 aromatic heterocycles. The van der Waals surface area contributed by atoms with E-state index in [1.54, 1.807) is 0 Å². The monoisotopic (exact) mass is 334 g/mol. The molecule has 0 unspecified atom stereocenters. The van der Waals surface area contributed by atoms with Crippen molar-refractivity contribution in [1.82, 2.24) is 5.32 Å². The molecular weight excluding hydrogens is 296 g/mol. The molecule has 4 aliphatic rings. The van der Waals surface area contributed by atoms with Gasteiger partial charge in [-0.2, -0.15) is 0 Å². The fraction of sp³-hybridized carbons (Fsp3) is 1.00. The van der Waals surface area contributed by atoms with Crippen LogP contribution in [0.4, 0.5) is 0 Å². The molecule has 4 saturated carbocycles. The van der Waals surface area contributed by atoms with Crippen LogP contribution in [-0.2, 0) is 0 Å². The van der Waals surface area contributed by atoms with E-state index in [2.05, 4.69) is 19.2 Å². The molecule has 0 radical (unpaired) electrons. The van der Waals surface area contributed by atoms with Crippen molar-refractivity contribution in [3.63, 3.8) is 0 Å². The second kappa shape index (κ2) is 6.25. The van der Waals surface area contributed by atoms with Crippen molar-refractivity contribution < 1.29 is 5.11 Å². The standard InChI is InChI=1S/C21H38N2O/c1-20-9-7-15(24)13-14(20)3-4-16-17-5-6-19(23-12-11-22)21(17,2)10-8-18(16)20/h14-19,23-24H,3-13,22H2,1-2H3/t14-,15-,16+,17+,18-,19-,20-,21-/m0/s1. The van der Waals surface area contributed by atoms with Gasteiger partial charge in [0.05, 0.1) is 6.10 Å². The maximum absolute atomic E-state index is 10.1. The third-order valence-corrected chi connectivity index (χ3v) is 9.17. The second-order valence-electron chi connectivity index (χ2n) is 10.0. The molecule has 4 rings (SSSR count). The summed E-state index contributed by atoms with van der Waals surface area (Å²) in [6.45, 7) is 6.89. The molecule has 0 aliphatic heterocycles. The zero-order valence-corrected chi connectivity index (χ0v) is 15.8. The molecule has 0 amide bonds. The molecule has 4 aliphatic carbocycles. The fourth-order valence-corrected chi connectivity index (χ4v) is 7.83. The Hall–Kier alpha value is -0.120. The van der Waals surface area contributed by atoms with Gasteiger partial charge in [0.15, 0.2) is 0 Å². The Morgan fingerprint density at radius 3 is 2.50 bits per heavy atom. The molecule has 0 aromatic rings. The highest BCUT2D eigenvalue weighted by atomic mass is 16.3. The van der Waals surface area contributed by atoms with E-state index in [-0.39, 0.29) is 6.10 Å². The van der Waals surface area contributed by atoms with Gasteiger partial charge >= 0.3 is 0 Å². The van der Waals surface area contributed by atoms with Crippen molar-refractivity contribution in [2.45, 2.75) is 83.8 Å². The molecule has 8 atom stereocenters. The Morgan fingerprint density at radius 1 is 0.958 bits per heavy atom. The molecule has 4 fully saturated rings. The zero-order chi connectivity index (χ0) is 16.9. The summed E-state index contributed by atoms with van der Waals surface area (Å²) < 4.78 is 0. The Labute approximate surface area is 148 Å². The third kappa shape index (κ3) is 2.49. The van der Waals surface area contributed by atoms with Crippen LogP contribution in [0.25, 0.3) is 0 Å². The number of rotatable bonds is 3. The minimum atomic E-state index is -0.0233. The summed E-state index contributed by atoms with van der Waals surface area (Å²) in [7, 11) is 0. The Morgan fingerprint density at radius 2 is 1.71 bits per heavy atom. The summed E-state index contributed by atoms with van der Waals surface area (Å²) in [6.07, 6.45) is 11.7. The second-order valence-corrected chi connectivity index (χ2v) is 10.0. The van der Waals surface area contributed by atoms with Crippen LogP contribution in [0.1, 0.15) is 71.6 Å². The molecular formula is C21H38N2O. The molecule has 0 bridgehead atoms. The number of nitrogens with two attached hydrogens (primary N) is 1. The van der Waals surface area contributed by atoms with Gasteiger partial charge in [0.1, 0.15) is 0 Å². The number of hydrogen-bond acceptors (Lipinski definition) is 3. The summed E-state index contributed by atoms with van der Waals surface area (Å²) in [5.41, 5.74) is 6.74.